The summed E-state index contributed by atoms with van der Waals surface area (Å²) in [5, 5.41) is 37.2. The van der Waals surface area contributed by atoms with Gasteiger partial charge in [-0.2, -0.15) is 0 Å². The Morgan fingerprint density at radius 2 is 1.92 bits per heavy atom. The largest absolute Gasteiger partial charge is 0.393 e. The van der Waals surface area contributed by atoms with Gasteiger partial charge in [-0.3, -0.25) is 0 Å². The van der Waals surface area contributed by atoms with Gasteiger partial charge in [-0.25, -0.2) is 0 Å². The first-order valence-corrected chi connectivity index (χ1v) is 4.05. The molecule has 0 unspecified atom stereocenters. The van der Waals surface area contributed by atoms with Crippen molar-refractivity contribution in [3.63, 3.8) is 0 Å². The van der Waals surface area contributed by atoms with E-state index in [2.05, 4.69) is 0 Å². The van der Waals surface area contributed by atoms with Gasteiger partial charge in [0.2, 0.25) is 0 Å². The minimum Gasteiger partial charge on any atom is -0.393 e. The van der Waals surface area contributed by atoms with Crippen molar-refractivity contribution in [1.82, 2.24) is 0 Å². The highest BCUT2D eigenvalue weighted by atomic mass is 16.8. The third-order valence-electron chi connectivity index (χ3n) is 2.60. The zero-order chi connectivity index (χ0) is 9.64. The van der Waals surface area contributed by atoms with Crippen LogP contribution in [-0.2, 0) is 9.47 Å². The van der Waals surface area contributed by atoms with Gasteiger partial charge in [0.15, 0.2) is 6.29 Å². The number of aliphatic hydroxyl groups excluding tert-OH is 4. The zero-order valence-corrected chi connectivity index (χ0v) is 6.83. The Hall–Kier alpha value is -0.240. The highest BCUT2D eigenvalue weighted by molar-refractivity contribution is 5.03. The van der Waals surface area contributed by atoms with Gasteiger partial charge in [-0.05, 0) is 0 Å². The van der Waals surface area contributed by atoms with Crippen LogP contribution in [0.15, 0.2) is 0 Å². The fourth-order valence-electron chi connectivity index (χ4n) is 1.68. The average molecular weight is 192 g/mol. The molecule has 0 spiro atoms. The molecular formula is C7H12O6. The van der Waals surface area contributed by atoms with Crippen molar-refractivity contribution < 1.29 is 29.9 Å². The maximum atomic E-state index is 9.51. The fraction of sp³-hybridized carbons (Fsp3) is 1.00. The Balaban J connectivity index is 2.25. The van der Waals surface area contributed by atoms with Crippen molar-refractivity contribution in [3.8, 4) is 0 Å². The molecule has 0 aromatic carbocycles. The molecule has 2 aliphatic heterocycles. The maximum Gasteiger partial charge on any atom is 0.187 e. The molecule has 76 valence electrons. The highest BCUT2D eigenvalue weighted by Crippen LogP contribution is 2.36. The van der Waals surface area contributed by atoms with Crippen LogP contribution >= 0.6 is 0 Å². The predicted molar refractivity (Wildman–Crippen MR) is 38.7 cm³/mol. The number of fused-ring (bicyclic) bond motifs is 2. The molecule has 0 saturated carbocycles. The summed E-state index contributed by atoms with van der Waals surface area (Å²) in [4.78, 5) is 0. The topological polar surface area (TPSA) is 99.4 Å². The molecule has 5 atom stereocenters. The van der Waals surface area contributed by atoms with Gasteiger partial charge in [0.05, 0.1) is 13.2 Å². The Labute approximate surface area is 74.3 Å². The van der Waals surface area contributed by atoms with Crippen molar-refractivity contribution >= 4 is 0 Å². The van der Waals surface area contributed by atoms with Crippen LogP contribution in [0.2, 0.25) is 0 Å². The summed E-state index contributed by atoms with van der Waals surface area (Å²) in [5.41, 5.74) is -1.27. The lowest BCUT2D eigenvalue weighted by Crippen LogP contribution is -2.62. The molecule has 4 N–H and O–H groups in total. The molecule has 0 amide bonds. The van der Waals surface area contributed by atoms with E-state index in [0.29, 0.717) is 0 Å². The Bertz CT molecular complexity index is 209. The van der Waals surface area contributed by atoms with Gasteiger partial charge in [0.25, 0.3) is 0 Å². The standard InChI is InChI=1S/C7H12O6/c8-1-7-2-12-6(13-7)4(10)3(9)5(7)11/h3-6,8-11H,1-2H2/t3-,4+,5+,6+,7+/m0/s1. The Morgan fingerprint density at radius 3 is 2.54 bits per heavy atom. The van der Waals surface area contributed by atoms with Crippen LogP contribution in [0.1, 0.15) is 0 Å². The van der Waals surface area contributed by atoms with Crippen LogP contribution in [-0.4, -0.2) is 63.8 Å². The molecule has 0 aromatic heterocycles. The third kappa shape index (κ3) is 1.11. The average Bonchev–Trinajstić information content (AvgIpc) is 2.55. The first-order chi connectivity index (χ1) is 6.10. The SMILES string of the molecule is OC[C@]12CO[C@H](O1)[C@H](O)[C@H](O)[C@H]2O. The molecule has 6 heteroatoms. The van der Waals surface area contributed by atoms with Crippen LogP contribution in [0.3, 0.4) is 0 Å². The van der Waals surface area contributed by atoms with Crippen molar-refractivity contribution in [1.29, 1.82) is 0 Å². The summed E-state index contributed by atoms with van der Waals surface area (Å²) in [5.74, 6) is 0. The van der Waals surface area contributed by atoms with Gasteiger partial charge in [0.1, 0.15) is 23.9 Å². The van der Waals surface area contributed by atoms with E-state index in [1.165, 1.54) is 0 Å². The number of ether oxygens (including phenoxy) is 2. The highest BCUT2D eigenvalue weighted by Gasteiger charge is 2.58. The lowest BCUT2D eigenvalue weighted by molar-refractivity contribution is -0.265. The lowest BCUT2D eigenvalue weighted by atomic mass is 9.90. The van der Waals surface area contributed by atoms with Gasteiger partial charge >= 0.3 is 0 Å². The summed E-state index contributed by atoms with van der Waals surface area (Å²) in [6, 6.07) is 0. The smallest absolute Gasteiger partial charge is 0.187 e. The second-order valence-corrected chi connectivity index (χ2v) is 3.45. The number of aliphatic hydroxyl groups is 4. The second-order valence-electron chi connectivity index (χ2n) is 3.45. The number of hydrogen-bond donors (Lipinski definition) is 4. The molecule has 2 bridgehead atoms. The van der Waals surface area contributed by atoms with E-state index in [9.17, 15) is 15.3 Å². The van der Waals surface area contributed by atoms with Gasteiger partial charge in [-0.1, -0.05) is 0 Å². The normalized spacial score (nSPS) is 55.4. The maximum absolute atomic E-state index is 9.51. The van der Waals surface area contributed by atoms with Crippen molar-refractivity contribution in [3.05, 3.63) is 0 Å². The summed E-state index contributed by atoms with van der Waals surface area (Å²) in [7, 11) is 0. The fourth-order valence-corrected chi connectivity index (χ4v) is 1.68. The van der Waals surface area contributed by atoms with Crippen LogP contribution in [0.25, 0.3) is 0 Å². The Kier molecular flexibility index (Phi) is 2.06. The zero-order valence-electron chi connectivity index (χ0n) is 6.83. The van der Waals surface area contributed by atoms with E-state index >= 15 is 0 Å². The van der Waals surface area contributed by atoms with Crippen molar-refractivity contribution in [2.24, 2.45) is 0 Å². The molecule has 0 radical (unpaired) electrons. The van der Waals surface area contributed by atoms with Gasteiger partial charge in [-0.15, -0.1) is 0 Å². The predicted octanol–water partition coefficient (Wildman–Crippen LogP) is -2.81. The first-order valence-electron chi connectivity index (χ1n) is 4.05. The molecular weight excluding hydrogens is 180 g/mol. The van der Waals surface area contributed by atoms with Gasteiger partial charge in [0, 0.05) is 0 Å². The minimum atomic E-state index is -1.34. The molecule has 2 fully saturated rings. The van der Waals surface area contributed by atoms with Crippen molar-refractivity contribution in [2.45, 2.75) is 30.2 Å². The number of rotatable bonds is 1. The molecule has 2 aliphatic rings. The minimum absolute atomic E-state index is 0.0244. The molecule has 6 nitrogen and oxygen atoms in total. The van der Waals surface area contributed by atoms with Crippen LogP contribution in [0.5, 0.6) is 0 Å². The number of hydrogen-bond acceptors (Lipinski definition) is 6. The summed E-state index contributed by atoms with van der Waals surface area (Å²) >= 11 is 0. The van der Waals surface area contributed by atoms with Crippen molar-refractivity contribution in [2.75, 3.05) is 13.2 Å². The molecule has 0 aliphatic carbocycles. The van der Waals surface area contributed by atoms with Crippen LogP contribution < -0.4 is 0 Å². The molecule has 13 heavy (non-hydrogen) atoms. The Morgan fingerprint density at radius 1 is 1.23 bits per heavy atom. The first kappa shape index (κ1) is 9.32. The lowest BCUT2D eigenvalue weighted by Gasteiger charge is -2.39. The molecule has 2 saturated heterocycles. The van der Waals surface area contributed by atoms with Crippen LogP contribution in [0.4, 0.5) is 0 Å². The second kappa shape index (κ2) is 2.88. The monoisotopic (exact) mass is 192 g/mol. The summed E-state index contributed by atoms with van der Waals surface area (Å²) < 4.78 is 10.1. The van der Waals surface area contributed by atoms with E-state index in [1.54, 1.807) is 0 Å². The summed E-state index contributed by atoms with van der Waals surface area (Å²) in [6.07, 6.45) is -4.89. The summed E-state index contributed by atoms with van der Waals surface area (Å²) in [6.45, 7) is -0.474. The molecule has 2 heterocycles. The van der Waals surface area contributed by atoms with E-state index in [-0.39, 0.29) is 6.61 Å². The van der Waals surface area contributed by atoms with Gasteiger partial charge < -0.3 is 29.9 Å². The molecule has 0 aromatic rings. The quantitative estimate of drug-likeness (QED) is 0.358. The van der Waals surface area contributed by atoms with E-state index < -0.39 is 36.8 Å². The van der Waals surface area contributed by atoms with E-state index in [4.69, 9.17) is 14.6 Å². The third-order valence-corrected chi connectivity index (χ3v) is 2.60. The van der Waals surface area contributed by atoms with E-state index in [0.717, 1.165) is 0 Å². The molecule has 2 rings (SSSR count). The van der Waals surface area contributed by atoms with Crippen LogP contribution in [0, 0.1) is 0 Å². The van der Waals surface area contributed by atoms with E-state index in [1.807, 2.05) is 0 Å².